The first-order chi connectivity index (χ1) is 28.7. The summed E-state index contributed by atoms with van der Waals surface area (Å²) in [6, 6.07) is 68.6. The van der Waals surface area contributed by atoms with Gasteiger partial charge in [0, 0.05) is 45.1 Å². The Morgan fingerprint density at radius 3 is 1.41 bits per heavy atom. The molecule has 4 heterocycles. The maximum absolute atomic E-state index is 5.17. The van der Waals surface area contributed by atoms with Crippen LogP contribution in [0.1, 0.15) is 0 Å². The van der Waals surface area contributed by atoms with Crippen molar-refractivity contribution < 1.29 is 0 Å². The number of benzene rings is 7. The molecule has 0 spiro atoms. The molecule has 7 aromatic carbocycles. The second-order valence-electron chi connectivity index (χ2n) is 14.7. The first-order valence-electron chi connectivity index (χ1n) is 19.5. The Hall–Kier alpha value is -7.82. The van der Waals surface area contributed by atoms with E-state index in [-0.39, 0.29) is 0 Å². The lowest BCUT2D eigenvalue weighted by atomic mass is 9.94. The summed E-state index contributed by atoms with van der Waals surface area (Å²) in [6.07, 6.45) is 3.66. The van der Waals surface area contributed by atoms with Gasteiger partial charge < -0.3 is 0 Å². The second kappa shape index (κ2) is 14.0. The molecule has 11 aromatic rings. The molecular weight excluding hydrogens is 705 g/mol. The Bertz CT molecular complexity index is 3260. The van der Waals surface area contributed by atoms with Crippen LogP contribution in [0.2, 0.25) is 0 Å². The van der Waals surface area contributed by atoms with Gasteiger partial charge in [-0.15, -0.1) is 0 Å². The first kappa shape index (κ1) is 33.5. The number of fused-ring (bicyclic) bond motifs is 5. The first-order valence-corrected chi connectivity index (χ1v) is 19.5. The quantitative estimate of drug-likeness (QED) is 0.159. The van der Waals surface area contributed by atoms with Crippen molar-refractivity contribution in [2.45, 2.75) is 0 Å². The van der Waals surface area contributed by atoms with Gasteiger partial charge in [0.1, 0.15) is 0 Å². The van der Waals surface area contributed by atoms with Crippen molar-refractivity contribution in [1.82, 2.24) is 19.9 Å². The molecule has 0 aliphatic rings. The Morgan fingerprint density at radius 2 is 0.793 bits per heavy atom. The van der Waals surface area contributed by atoms with E-state index in [2.05, 4.69) is 192 Å². The zero-order valence-electron chi connectivity index (χ0n) is 31.4. The molecule has 0 radical (unpaired) electrons. The Morgan fingerprint density at radius 1 is 0.276 bits per heavy atom. The summed E-state index contributed by atoms with van der Waals surface area (Å²) in [5.74, 6) is 0. The highest BCUT2D eigenvalue weighted by molar-refractivity contribution is 6.10. The van der Waals surface area contributed by atoms with Crippen LogP contribution in [0.4, 0.5) is 0 Å². The molecule has 4 nitrogen and oxygen atoms in total. The summed E-state index contributed by atoms with van der Waals surface area (Å²) >= 11 is 0. The molecule has 58 heavy (non-hydrogen) atoms. The molecule has 0 fully saturated rings. The van der Waals surface area contributed by atoms with Crippen LogP contribution in [-0.2, 0) is 0 Å². The molecule has 0 amide bonds. The third-order valence-electron chi connectivity index (χ3n) is 11.1. The zero-order valence-corrected chi connectivity index (χ0v) is 31.4. The summed E-state index contributed by atoms with van der Waals surface area (Å²) in [6.45, 7) is 0. The van der Waals surface area contributed by atoms with E-state index >= 15 is 0 Å². The molecule has 0 aliphatic heterocycles. The van der Waals surface area contributed by atoms with Crippen LogP contribution in [0.3, 0.4) is 0 Å². The summed E-state index contributed by atoms with van der Waals surface area (Å²) in [5, 5.41) is 4.38. The number of pyridine rings is 4. The summed E-state index contributed by atoms with van der Waals surface area (Å²) in [7, 11) is 0. The van der Waals surface area contributed by atoms with E-state index < -0.39 is 0 Å². The Labute approximate surface area is 335 Å². The van der Waals surface area contributed by atoms with E-state index in [1.807, 2.05) is 24.5 Å². The number of hydrogen-bond donors (Lipinski definition) is 0. The summed E-state index contributed by atoms with van der Waals surface area (Å²) in [5.41, 5.74) is 17.1. The molecule has 4 aromatic heterocycles. The van der Waals surface area contributed by atoms with E-state index in [0.717, 1.165) is 88.4 Å². The maximum Gasteiger partial charge on any atom is 0.0970 e. The molecule has 0 saturated heterocycles. The van der Waals surface area contributed by atoms with Gasteiger partial charge in [-0.2, -0.15) is 0 Å². The van der Waals surface area contributed by atoms with Gasteiger partial charge in [0.2, 0.25) is 0 Å². The van der Waals surface area contributed by atoms with E-state index in [4.69, 9.17) is 9.97 Å². The SMILES string of the molecule is c1ccc(-c2cc(-c3ccccc3)cc(-c3ccc4cc(-c5ccc6nc(-c7ccc(-c8cc9cccnc9c9ncccc89)cc7)ccc6c5)ccc4n3)c2)cc1. The van der Waals surface area contributed by atoms with Crippen LogP contribution >= 0.6 is 0 Å². The third kappa shape index (κ3) is 6.14. The minimum absolute atomic E-state index is 0.920. The van der Waals surface area contributed by atoms with Crippen molar-refractivity contribution in [3.63, 3.8) is 0 Å². The van der Waals surface area contributed by atoms with E-state index in [1.54, 1.807) is 0 Å². The molecule has 0 unspecified atom stereocenters. The highest BCUT2D eigenvalue weighted by atomic mass is 14.7. The molecule has 0 N–H and O–H groups in total. The number of hydrogen-bond acceptors (Lipinski definition) is 4. The van der Waals surface area contributed by atoms with Gasteiger partial charge >= 0.3 is 0 Å². The highest BCUT2D eigenvalue weighted by Crippen LogP contribution is 2.36. The predicted molar refractivity (Wildman–Crippen MR) is 240 cm³/mol. The number of aromatic nitrogens is 4. The highest BCUT2D eigenvalue weighted by Gasteiger charge is 2.13. The van der Waals surface area contributed by atoms with Gasteiger partial charge in [-0.25, -0.2) is 9.97 Å². The van der Waals surface area contributed by atoms with Gasteiger partial charge in [0.25, 0.3) is 0 Å². The fourth-order valence-electron chi connectivity index (χ4n) is 8.14. The van der Waals surface area contributed by atoms with Crippen molar-refractivity contribution in [3.05, 3.63) is 207 Å². The molecular formula is C54H34N4. The Balaban J connectivity index is 0.879. The third-order valence-corrected chi connectivity index (χ3v) is 11.1. The molecule has 0 saturated carbocycles. The molecule has 0 bridgehead atoms. The lowest BCUT2D eigenvalue weighted by Gasteiger charge is -2.12. The second-order valence-corrected chi connectivity index (χ2v) is 14.7. The average Bonchev–Trinajstić information content (AvgIpc) is 3.31. The molecule has 270 valence electrons. The van der Waals surface area contributed by atoms with Crippen molar-refractivity contribution in [3.8, 4) is 67.0 Å². The minimum atomic E-state index is 0.920. The van der Waals surface area contributed by atoms with Gasteiger partial charge in [-0.05, 0) is 117 Å². The van der Waals surface area contributed by atoms with Gasteiger partial charge in [0.15, 0.2) is 0 Å². The smallest absolute Gasteiger partial charge is 0.0970 e. The summed E-state index contributed by atoms with van der Waals surface area (Å²) < 4.78 is 0. The van der Waals surface area contributed by atoms with Crippen LogP contribution in [0.25, 0.3) is 111 Å². The van der Waals surface area contributed by atoms with Gasteiger partial charge in [-0.3, -0.25) is 9.97 Å². The zero-order chi connectivity index (χ0) is 38.4. The van der Waals surface area contributed by atoms with E-state index in [9.17, 15) is 0 Å². The van der Waals surface area contributed by atoms with E-state index in [1.165, 1.54) is 22.3 Å². The van der Waals surface area contributed by atoms with Crippen LogP contribution < -0.4 is 0 Å². The molecule has 11 rings (SSSR count). The van der Waals surface area contributed by atoms with Crippen LogP contribution in [0.15, 0.2) is 207 Å². The Kier molecular flexibility index (Phi) is 8.11. The van der Waals surface area contributed by atoms with Crippen molar-refractivity contribution in [2.24, 2.45) is 0 Å². The maximum atomic E-state index is 5.17. The number of rotatable bonds is 6. The fraction of sp³-hybridized carbons (Fsp3) is 0. The van der Waals surface area contributed by atoms with Gasteiger partial charge in [-0.1, -0.05) is 121 Å². The lowest BCUT2D eigenvalue weighted by molar-refractivity contribution is 1.37. The normalized spacial score (nSPS) is 11.4. The van der Waals surface area contributed by atoms with Crippen LogP contribution in [-0.4, -0.2) is 19.9 Å². The molecule has 0 aliphatic carbocycles. The topological polar surface area (TPSA) is 51.6 Å². The van der Waals surface area contributed by atoms with E-state index in [0.29, 0.717) is 0 Å². The van der Waals surface area contributed by atoms with Crippen molar-refractivity contribution in [1.29, 1.82) is 0 Å². The van der Waals surface area contributed by atoms with Crippen LogP contribution in [0.5, 0.6) is 0 Å². The van der Waals surface area contributed by atoms with Crippen molar-refractivity contribution in [2.75, 3.05) is 0 Å². The lowest BCUT2D eigenvalue weighted by Crippen LogP contribution is -1.90. The summed E-state index contributed by atoms with van der Waals surface area (Å²) in [4.78, 5) is 19.6. The molecule has 4 heteroatoms. The average molecular weight is 739 g/mol. The predicted octanol–water partition coefficient (Wildman–Crippen LogP) is 13.9. The minimum Gasteiger partial charge on any atom is -0.254 e. The molecule has 0 atom stereocenters. The van der Waals surface area contributed by atoms with Gasteiger partial charge in [0.05, 0.1) is 33.5 Å². The van der Waals surface area contributed by atoms with Crippen molar-refractivity contribution >= 4 is 43.6 Å². The standard InChI is InChI=1S/C54H34N4/c1-3-9-35(10-4-1)44-31-45(36-11-5-2-6-12-36)33-46(32-44)52-26-22-42-30-40(20-24-51(42)58-52)39-19-23-50-41(29-39)21-25-49(57-50)38-17-15-37(16-18-38)48-34-43-13-7-27-55-53(43)54-47(48)14-8-28-56-54/h1-34H. The van der Waals surface area contributed by atoms with Crippen LogP contribution in [0, 0.1) is 0 Å². The monoisotopic (exact) mass is 738 g/mol. The number of nitrogens with zero attached hydrogens (tertiary/aromatic N) is 4. The fourth-order valence-corrected chi connectivity index (χ4v) is 8.14. The largest absolute Gasteiger partial charge is 0.254 e.